The van der Waals surface area contributed by atoms with E-state index in [9.17, 15) is 57.5 Å². The van der Waals surface area contributed by atoms with Crippen LogP contribution in [0.2, 0.25) is 0 Å². The predicted molar refractivity (Wildman–Crippen MR) is 476 cm³/mol. The van der Waals surface area contributed by atoms with Crippen molar-refractivity contribution in [3.8, 4) is 0 Å². The molecule has 0 saturated carbocycles. The summed E-state index contributed by atoms with van der Waals surface area (Å²) >= 11 is 0. The van der Waals surface area contributed by atoms with Crippen LogP contribution in [0, 0.1) is 0 Å². The van der Waals surface area contributed by atoms with Crippen molar-refractivity contribution in [3.05, 3.63) is 34.9 Å². The molecule has 6 N–H and O–H groups in total. The maximum Gasteiger partial charge on any atom is 0.410 e. The summed E-state index contributed by atoms with van der Waals surface area (Å²) in [5, 5.41) is 17.0. The lowest BCUT2D eigenvalue weighted by Gasteiger charge is -2.29. The van der Waals surface area contributed by atoms with Gasteiger partial charge in [0, 0.05) is 134 Å². The van der Waals surface area contributed by atoms with Crippen LogP contribution in [0.5, 0.6) is 0 Å². The Bertz CT molecular complexity index is 3040. The summed E-state index contributed by atoms with van der Waals surface area (Å²) < 4.78 is 50.7. The van der Waals surface area contributed by atoms with E-state index in [1.165, 1.54) is 18.2 Å². The first-order valence-corrected chi connectivity index (χ1v) is 44.4. The molecule has 0 heterocycles. The lowest BCUT2D eigenvalue weighted by molar-refractivity contribution is 0.0206. The first-order chi connectivity index (χ1) is 56.6. The van der Waals surface area contributed by atoms with Crippen molar-refractivity contribution >= 4 is 72.6 Å². The smallest absolute Gasteiger partial charge is 0.410 e. The van der Waals surface area contributed by atoms with Crippen LogP contribution in [0.15, 0.2) is 18.2 Å². The first kappa shape index (κ1) is 112. The van der Waals surface area contributed by atoms with Crippen molar-refractivity contribution < 1.29 is 100 Å². The zero-order valence-electron chi connectivity index (χ0n) is 80.4. The zero-order valence-corrected chi connectivity index (χ0v) is 80.4. The van der Waals surface area contributed by atoms with Gasteiger partial charge in [0.05, 0.1) is 0 Å². The average Bonchev–Trinajstić information content (AvgIpc) is 0.823. The lowest BCUT2D eigenvalue weighted by Crippen LogP contribution is -2.40. The molecule has 0 spiro atoms. The van der Waals surface area contributed by atoms with E-state index in [2.05, 4.69) is 31.9 Å². The van der Waals surface area contributed by atoms with Gasteiger partial charge in [-0.25, -0.2) is 43.2 Å². The fourth-order valence-electron chi connectivity index (χ4n) is 11.6. The van der Waals surface area contributed by atoms with Gasteiger partial charge in [0.1, 0.15) is 50.4 Å². The molecule has 0 radical (unpaired) electrons. The topological polar surface area (TPSA) is 380 Å². The van der Waals surface area contributed by atoms with E-state index in [0.717, 1.165) is 0 Å². The molecular weight excluding hydrogens is 1590 g/mol. The Morgan fingerprint density at radius 2 is 0.317 bits per heavy atom. The minimum Gasteiger partial charge on any atom is -0.444 e. The minimum absolute atomic E-state index is 0.0331. The molecular formula is C90H162N12O21. The summed E-state index contributed by atoms with van der Waals surface area (Å²) in [6, 6.07) is 4.23. The molecule has 0 aromatic heterocycles. The Morgan fingerprint density at radius 1 is 0.195 bits per heavy atom. The summed E-state index contributed by atoms with van der Waals surface area (Å²) in [5.41, 5.74) is -6.42. The van der Waals surface area contributed by atoms with Crippen LogP contribution in [0.3, 0.4) is 0 Å². The van der Waals surface area contributed by atoms with Crippen molar-refractivity contribution in [2.45, 2.75) is 353 Å². The second-order valence-electron chi connectivity index (χ2n) is 40.0. The lowest BCUT2D eigenvalue weighted by atomic mass is 10.0. The molecule has 708 valence electrons. The molecule has 0 aliphatic rings. The van der Waals surface area contributed by atoms with Crippen molar-refractivity contribution in [1.29, 1.82) is 0 Å². The van der Waals surface area contributed by atoms with Crippen LogP contribution in [0.4, 0.5) is 43.2 Å². The maximum absolute atomic E-state index is 14.3. The molecule has 0 aliphatic carbocycles. The maximum atomic E-state index is 14.3. The van der Waals surface area contributed by atoms with Crippen molar-refractivity contribution in [1.82, 2.24) is 61.3 Å². The molecule has 33 heteroatoms. The number of amides is 12. The van der Waals surface area contributed by atoms with Crippen LogP contribution in [0.1, 0.15) is 334 Å². The molecule has 0 saturated heterocycles. The highest BCUT2D eigenvalue weighted by Crippen LogP contribution is 2.22. The van der Waals surface area contributed by atoms with Gasteiger partial charge in [0.15, 0.2) is 0 Å². The second kappa shape index (κ2) is 54.1. The molecule has 1 aromatic rings. The fourth-order valence-corrected chi connectivity index (χ4v) is 11.6. The van der Waals surface area contributed by atoms with Crippen LogP contribution in [-0.2, 0) is 42.6 Å². The molecule has 0 bridgehead atoms. The van der Waals surface area contributed by atoms with Crippen molar-refractivity contribution in [3.63, 3.8) is 0 Å². The number of unbranched alkanes of at least 4 members (excludes halogenated alkanes) is 9. The molecule has 123 heavy (non-hydrogen) atoms. The van der Waals surface area contributed by atoms with Gasteiger partial charge in [-0.05, 0) is 321 Å². The van der Waals surface area contributed by atoms with Gasteiger partial charge in [-0.3, -0.25) is 14.4 Å². The number of carbonyl (C=O) groups is 12. The molecule has 0 atom stereocenters. The quantitative estimate of drug-likeness (QED) is 0.0261. The Kier molecular flexibility index (Phi) is 49.3. The normalized spacial score (nSPS) is 12.1. The minimum atomic E-state index is -0.797. The highest BCUT2D eigenvalue weighted by atomic mass is 16.6. The first-order valence-electron chi connectivity index (χ1n) is 44.4. The molecule has 33 nitrogen and oxygen atoms in total. The summed E-state index contributed by atoms with van der Waals surface area (Å²) in [6.45, 7) is 53.7. The van der Waals surface area contributed by atoms with Gasteiger partial charge in [-0.1, -0.05) is 0 Å². The Morgan fingerprint density at radius 3 is 0.447 bits per heavy atom. The number of alkyl carbamates (subject to hydrolysis) is 3. The zero-order chi connectivity index (χ0) is 93.8. The monoisotopic (exact) mass is 1750 g/mol. The summed E-state index contributed by atoms with van der Waals surface area (Å²) in [4.78, 5) is 170. The van der Waals surface area contributed by atoms with E-state index in [1.54, 1.807) is 216 Å². The molecule has 0 aliphatic heterocycles. The SMILES string of the molecule is CC(C)(C)OC(=O)NCCCCN(CCCCN(CCCCNC(=O)c1cc(C(=O)NCCCCN(CCCCN(CCCCNC(=O)OC(C)(C)C)C(=O)OC(C)(C)C)C(=O)OC(C)(C)C)cc(C(=O)NCCCCN(CCCCN(CCCCNC(=O)OC(C)(C)C)C(=O)OC(C)(C)C)C(=O)OC(C)(C)C)c1)C(=O)OC(C)(C)C)C(=O)OC(C)(C)C. The molecule has 0 unspecified atom stereocenters. The average molecular weight is 1750 g/mol. The van der Waals surface area contributed by atoms with E-state index >= 15 is 0 Å². The molecule has 12 amide bonds. The van der Waals surface area contributed by atoms with Crippen molar-refractivity contribution in [2.75, 3.05) is 118 Å². The largest absolute Gasteiger partial charge is 0.444 e. The highest BCUT2D eigenvalue weighted by Gasteiger charge is 2.31. The number of hydrogen-bond donors (Lipinski definition) is 6. The van der Waals surface area contributed by atoms with Crippen LogP contribution in [-0.4, -0.2) is 270 Å². The van der Waals surface area contributed by atoms with Gasteiger partial charge >= 0.3 is 54.8 Å². The third-order valence-electron chi connectivity index (χ3n) is 16.9. The number of nitrogens with zero attached hydrogens (tertiary/aromatic N) is 6. The van der Waals surface area contributed by atoms with E-state index in [0.29, 0.717) is 194 Å². The Balaban J connectivity index is 3.49. The summed E-state index contributed by atoms with van der Waals surface area (Å²) in [7, 11) is 0. The van der Waals surface area contributed by atoms with E-state index < -0.39 is 123 Å². The van der Waals surface area contributed by atoms with E-state index in [4.69, 9.17) is 42.6 Å². The van der Waals surface area contributed by atoms with Gasteiger partial charge < -0.3 is 104 Å². The van der Waals surface area contributed by atoms with Crippen LogP contribution < -0.4 is 31.9 Å². The molecule has 1 aromatic carbocycles. The van der Waals surface area contributed by atoms with E-state index in [-0.39, 0.29) is 56.0 Å². The standard InChI is InChI=1S/C90H162N12O21/c1-82(2,3)115-73(106)94-49-31-37-55-100(79(112)121-88(19,20)21)61-43-40-58-97(76(109)118-85(10,11)12)52-34-28-46-91-70(103)67-64-68(71(104)92-47-29-35-53-98(77(110)119-86(13,14)15)59-41-44-62-101(80(113)122-89(22,23)24)56-38-32-50-95-74(107)116-83(4,5)6)66-69(65-67)72(105)93-48-30-36-54-99(78(111)120-87(16,17)18)60-42-45-63-102(81(114)123-90(25,26)27)57-39-33-51-96-75(108)117-84(7,8)9/h64-66H,28-63H2,1-27H3,(H,91,103)(H,92,104)(H,93,105)(H,94,106)(H,95,107)(H,96,108). The van der Waals surface area contributed by atoms with Gasteiger partial charge in [0.25, 0.3) is 17.7 Å². The number of ether oxygens (including phenoxy) is 9. The highest BCUT2D eigenvalue weighted by molar-refractivity contribution is 6.04. The van der Waals surface area contributed by atoms with Crippen LogP contribution >= 0.6 is 0 Å². The summed E-state index contributed by atoms with van der Waals surface area (Å²) in [5.74, 6) is -1.69. The third-order valence-corrected chi connectivity index (χ3v) is 16.9. The Hall–Kier alpha value is -8.94. The number of nitrogens with one attached hydrogen (secondary N) is 6. The number of rotatable bonds is 48. The number of hydrogen-bond acceptors (Lipinski definition) is 21. The van der Waals surface area contributed by atoms with Gasteiger partial charge in [0.2, 0.25) is 0 Å². The number of benzene rings is 1. The van der Waals surface area contributed by atoms with E-state index in [1.807, 2.05) is 0 Å². The van der Waals surface area contributed by atoms with Crippen molar-refractivity contribution in [2.24, 2.45) is 0 Å². The fraction of sp³-hybridized carbons (Fsp3) is 0.800. The summed E-state index contributed by atoms with van der Waals surface area (Å²) in [6.07, 6.45) is 4.73. The molecule has 0 fully saturated rings. The van der Waals surface area contributed by atoms with Gasteiger partial charge in [-0.2, -0.15) is 0 Å². The predicted octanol–water partition coefficient (Wildman–Crippen LogP) is 16.9. The third kappa shape index (κ3) is 59.5. The molecule has 1 rings (SSSR count). The van der Waals surface area contributed by atoms with Gasteiger partial charge in [-0.15, -0.1) is 0 Å². The number of carbonyl (C=O) groups excluding carboxylic acids is 12. The van der Waals surface area contributed by atoms with Crippen LogP contribution in [0.25, 0.3) is 0 Å². The second-order valence-corrected chi connectivity index (χ2v) is 40.0. The Labute approximate surface area is 736 Å².